The number of halogens is 1. The summed E-state index contributed by atoms with van der Waals surface area (Å²) >= 11 is 6.15. The molecule has 1 heterocycles. The first-order chi connectivity index (χ1) is 8.56. The van der Waals surface area contributed by atoms with Crippen molar-refractivity contribution in [2.45, 2.75) is 26.4 Å². The van der Waals surface area contributed by atoms with Crippen molar-refractivity contribution in [3.05, 3.63) is 63.9 Å². The minimum Gasteiger partial charge on any atom is -0.386 e. The van der Waals surface area contributed by atoms with Crippen LogP contribution in [0, 0.1) is 13.8 Å². The Morgan fingerprint density at radius 3 is 2.50 bits per heavy atom. The van der Waals surface area contributed by atoms with E-state index in [2.05, 4.69) is 4.98 Å². The highest BCUT2D eigenvalue weighted by molar-refractivity contribution is 6.31. The zero-order valence-corrected chi connectivity index (χ0v) is 11.3. The molecule has 0 spiro atoms. The second-order valence-electron chi connectivity index (χ2n) is 4.58. The number of pyridine rings is 1. The molecule has 0 bridgehead atoms. The molecular formula is C15H16ClNO. The van der Waals surface area contributed by atoms with Crippen LogP contribution < -0.4 is 0 Å². The molecule has 2 nitrogen and oxygen atoms in total. The maximum atomic E-state index is 10.1. The van der Waals surface area contributed by atoms with Crippen LogP contribution in [0.5, 0.6) is 0 Å². The lowest BCUT2D eigenvalue weighted by atomic mass is 10.0. The largest absolute Gasteiger partial charge is 0.386 e. The Labute approximate surface area is 112 Å². The van der Waals surface area contributed by atoms with Gasteiger partial charge in [0.05, 0.1) is 11.8 Å². The van der Waals surface area contributed by atoms with Crippen LogP contribution in [0.2, 0.25) is 5.02 Å². The zero-order valence-electron chi connectivity index (χ0n) is 10.5. The molecule has 0 saturated heterocycles. The van der Waals surface area contributed by atoms with Gasteiger partial charge in [-0.15, -0.1) is 0 Å². The number of rotatable bonds is 3. The van der Waals surface area contributed by atoms with Crippen LogP contribution in [0.25, 0.3) is 0 Å². The second kappa shape index (κ2) is 5.51. The van der Waals surface area contributed by atoms with Crippen molar-refractivity contribution in [2.75, 3.05) is 0 Å². The third-order valence-electron chi connectivity index (χ3n) is 2.90. The first kappa shape index (κ1) is 13.1. The van der Waals surface area contributed by atoms with Crippen molar-refractivity contribution in [1.29, 1.82) is 0 Å². The molecule has 0 saturated carbocycles. The monoisotopic (exact) mass is 261 g/mol. The molecule has 18 heavy (non-hydrogen) atoms. The molecule has 0 radical (unpaired) electrons. The summed E-state index contributed by atoms with van der Waals surface area (Å²) in [4.78, 5) is 4.23. The Morgan fingerprint density at radius 2 is 1.89 bits per heavy atom. The number of benzene rings is 1. The first-order valence-corrected chi connectivity index (χ1v) is 6.29. The fraction of sp³-hybridized carbons (Fsp3) is 0.267. The van der Waals surface area contributed by atoms with Gasteiger partial charge in [0.2, 0.25) is 0 Å². The summed E-state index contributed by atoms with van der Waals surface area (Å²) in [6.45, 7) is 3.97. The summed E-state index contributed by atoms with van der Waals surface area (Å²) in [5, 5.41) is 10.8. The quantitative estimate of drug-likeness (QED) is 0.915. The molecule has 1 atom stereocenters. The van der Waals surface area contributed by atoms with Gasteiger partial charge in [-0.05, 0) is 42.7 Å². The highest BCUT2D eigenvalue weighted by Gasteiger charge is 2.12. The van der Waals surface area contributed by atoms with Crippen LogP contribution in [0.3, 0.4) is 0 Å². The van der Waals surface area contributed by atoms with Gasteiger partial charge < -0.3 is 5.11 Å². The highest BCUT2D eigenvalue weighted by atomic mass is 35.5. The van der Waals surface area contributed by atoms with Gasteiger partial charge in [0.25, 0.3) is 0 Å². The Kier molecular flexibility index (Phi) is 4.00. The number of aliphatic hydroxyl groups excluding tert-OH is 1. The standard InChI is InChI=1S/C15H16ClNO/c1-10-3-5-12(13(16)7-10)8-15(18)14-6-4-11(2)9-17-14/h3-7,9,15,18H,8H2,1-2H3. The zero-order chi connectivity index (χ0) is 13.1. The maximum absolute atomic E-state index is 10.1. The number of hydrogen-bond acceptors (Lipinski definition) is 2. The van der Waals surface area contributed by atoms with Crippen molar-refractivity contribution in [2.24, 2.45) is 0 Å². The van der Waals surface area contributed by atoms with Crippen LogP contribution in [0.4, 0.5) is 0 Å². The predicted octanol–water partition coefficient (Wildman–Crippen LogP) is 3.63. The molecule has 0 amide bonds. The second-order valence-corrected chi connectivity index (χ2v) is 4.98. The van der Waals surface area contributed by atoms with Gasteiger partial charge in [0.1, 0.15) is 0 Å². The molecule has 1 unspecified atom stereocenters. The molecule has 1 aromatic carbocycles. The lowest BCUT2D eigenvalue weighted by Gasteiger charge is -2.12. The Hall–Kier alpha value is -1.38. The molecule has 0 aliphatic heterocycles. The van der Waals surface area contributed by atoms with E-state index in [1.807, 2.05) is 44.2 Å². The minimum atomic E-state index is -0.620. The van der Waals surface area contributed by atoms with E-state index in [9.17, 15) is 5.11 Å². The maximum Gasteiger partial charge on any atom is 0.1000 e. The highest BCUT2D eigenvalue weighted by Crippen LogP contribution is 2.23. The smallest absolute Gasteiger partial charge is 0.1000 e. The molecule has 2 rings (SSSR count). The van der Waals surface area contributed by atoms with Gasteiger partial charge in [-0.25, -0.2) is 0 Å². The number of hydrogen-bond donors (Lipinski definition) is 1. The topological polar surface area (TPSA) is 33.1 Å². The SMILES string of the molecule is Cc1ccc(C(O)Cc2ccc(C)cc2Cl)nc1. The third kappa shape index (κ3) is 3.09. The fourth-order valence-corrected chi connectivity index (χ4v) is 2.12. The van der Waals surface area contributed by atoms with Gasteiger partial charge >= 0.3 is 0 Å². The van der Waals surface area contributed by atoms with E-state index in [0.717, 1.165) is 16.7 Å². The molecule has 3 heteroatoms. The Bertz CT molecular complexity index is 537. The molecule has 0 aliphatic carbocycles. The average molecular weight is 262 g/mol. The molecule has 0 aliphatic rings. The third-order valence-corrected chi connectivity index (χ3v) is 3.25. The average Bonchev–Trinajstić information content (AvgIpc) is 2.33. The number of nitrogens with zero attached hydrogens (tertiary/aromatic N) is 1. The minimum absolute atomic E-state index is 0.481. The molecule has 0 fully saturated rings. The van der Waals surface area contributed by atoms with E-state index >= 15 is 0 Å². The van der Waals surface area contributed by atoms with Crippen molar-refractivity contribution in [3.8, 4) is 0 Å². The number of aromatic nitrogens is 1. The van der Waals surface area contributed by atoms with Crippen molar-refractivity contribution in [3.63, 3.8) is 0 Å². The predicted molar refractivity (Wildman–Crippen MR) is 73.8 cm³/mol. The van der Waals surface area contributed by atoms with Gasteiger partial charge in [-0.1, -0.05) is 29.8 Å². The van der Waals surface area contributed by atoms with Crippen LogP contribution in [0.15, 0.2) is 36.5 Å². The molecule has 1 aromatic heterocycles. The lowest BCUT2D eigenvalue weighted by Crippen LogP contribution is -2.04. The summed E-state index contributed by atoms with van der Waals surface area (Å²) in [7, 11) is 0. The molecule has 2 aromatic rings. The first-order valence-electron chi connectivity index (χ1n) is 5.92. The van der Waals surface area contributed by atoms with E-state index in [1.54, 1.807) is 6.20 Å². The summed E-state index contributed by atoms with van der Waals surface area (Å²) in [6.07, 6.45) is 1.62. The van der Waals surface area contributed by atoms with Gasteiger partial charge in [-0.3, -0.25) is 4.98 Å². The van der Waals surface area contributed by atoms with Crippen molar-refractivity contribution >= 4 is 11.6 Å². The Balaban J connectivity index is 2.15. The lowest BCUT2D eigenvalue weighted by molar-refractivity contribution is 0.173. The van der Waals surface area contributed by atoms with Crippen molar-refractivity contribution in [1.82, 2.24) is 4.98 Å². The molecule has 94 valence electrons. The van der Waals surface area contributed by atoms with E-state index < -0.39 is 6.10 Å². The summed E-state index contributed by atoms with van der Waals surface area (Å²) in [6, 6.07) is 9.65. The van der Waals surface area contributed by atoms with Gasteiger partial charge in [-0.2, -0.15) is 0 Å². The van der Waals surface area contributed by atoms with Gasteiger partial charge in [0.15, 0.2) is 0 Å². The number of aliphatic hydroxyl groups is 1. The summed E-state index contributed by atoms with van der Waals surface area (Å²) in [5.74, 6) is 0. The van der Waals surface area contributed by atoms with E-state index in [-0.39, 0.29) is 0 Å². The number of aryl methyl sites for hydroxylation is 2. The van der Waals surface area contributed by atoms with Crippen molar-refractivity contribution < 1.29 is 5.11 Å². The fourth-order valence-electron chi connectivity index (χ4n) is 1.81. The van der Waals surface area contributed by atoms with Crippen LogP contribution >= 0.6 is 11.6 Å². The van der Waals surface area contributed by atoms with Crippen LogP contribution in [0.1, 0.15) is 28.5 Å². The van der Waals surface area contributed by atoms with Crippen LogP contribution in [-0.4, -0.2) is 10.1 Å². The van der Waals surface area contributed by atoms with E-state index in [1.165, 1.54) is 0 Å². The van der Waals surface area contributed by atoms with E-state index in [0.29, 0.717) is 17.1 Å². The molecule has 1 N–H and O–H groups in total. The van der Waals surface area contributed by atoms with Gasteiger partial charge in [0, 0.05) is 17.6 Å². The summed E-state index contributed by atoms with van der Waals surface area (Å²) in [5.41, 5.74) is 3.82. The summed E-state index contributed by atoms with van der Waals surface area (Å²) < 4.78 is 0. The van der Waals surface area contributed by atoms with Crippen LogP contribution in [-0.2, 0) is 6.42 Å². The van der Waals surface area contributed by atoms with E-state index in [4.69, 9.17) is 11.6 Å². The Morgan fingerprint density at radius 1 is 1.17 bits per heavy atom. The molecular weight excluding hydrogens is 246 g/mol. The normalized spacial score (nSPS) is 12.4.